The Morgan fingerprint density at radius 1 is 0.385 bits per heavy atom. The minimum absolute atomic E-state index is 0. The Morgan fingerprint density at radius 3 is 0.938 bits per heavy atom. The van der Waals surface area contributed by atoms with Crippen LogP contribution in [0.4, 0.5) is 0 Å². The molecule has 0 bridgehead atoms. The molecule has 0 unspecified atom stereocenters. The van der Waals surface area contributed by atoms with Gasteiger partial charge in [0, 0.05) is 104 Å². The quantitative estimate of drug-likeness (QED) is 0.00853. The molecule has 0 spiro atoms. The Hall–Kier alpha value is -8.67. The number of carboxylic acid groups (broad SMARTS) is 4. The number of rotatable bonds is 34. The van der Waals surface area contributed by atoms with Gasteiger partial charge in [-0.25, -0.2) is 0 Å². The van der Waals surface area contributed by atoms with Crippen LogP contribution in [-0.2, 0) is 57.1 Å². The number of allylic oxidation sites excluding steroid dienone is 8. The predicted molar refractivity (Wildman–Crippen MR) is 507 cm³/mol. The third kappa shape index (κ3) is 40.4. The zero-order valence-electron chi connectivity index (χ0n) is 76.0. The number of phenols is 2. The van der Waals surface area contributed by atoms with Crippen LogP contribution in [0.5, 0.6) is 23.0 Å². The average molecular weight is 1900 g/mol. The van der Waals surface area contributed by atoms with Gasteiger partial charge in [0.1, 0.15) is 23.0 Å². The van der Waals surface area contributed by atoms with E-state index in [9.17, 15) is 39.0 Å². The number of benzene rings is 8. The van der Waals surface area contributed by atoms with Gasteiger partial charge in [-0.05, 0) is 159 Å². The third-order valence-electron chi connectivity index (χ3n) is 20.6. The van der Waals surface area contributed by atoms with Crippen LogP contribution in [0.15, 0.2) is 243 Å². The molecule has 8 aromatic rings. The minimum atomic E-state index is -0.797. The Labute approximate surface area is 813 Å². The summed E-state index contributed by atoms with van der Waals surface area (Å²) >= 11 is 27.7. The van der Waals surface area contributed by atoms with Crippen molar-refractivity contribution in [1.29, 1.82) is 0 Å². The molecule has 4 saturated heterocycles. The Bertz CT molecular complexity index is 4790. The summed E-state index contributed by atoms with van der Waals surface area (Å²) in [7, 11) is 3.33. The second-order valence-corrected chi connectivity index (χ2v) is 33.4. The fraction of sp³-hybridized carbons (Fsp3) is 0.392. The summed E-state index contributed by atoms with van der Waals surface area (Å²) in [5.41, 5.74) is 6.20. The second kappa shape index (κ2) is 61.9. The van der Waals surface area contributed by atoms with Crippen LogP contribution >= 0.6 is 59.0 Å². The molecule has 130 heavy (non-hydrogen) atoms. The number of hydrogen-bond acceptors (Lipinski definition) is 19. The largest absolute Gasteiger partial charge is 1.00 e. The van der Waals surface area contributed by atoms with Crippen molar-refractivity contribution in [2.24, 2.45) is 23.7 Å². The summed E-state index contributed by atoms with van der Waals surface area (Å²) in [5.74, 6) is -0.922. The first-order valence-electron chi connectivity index (χ1n) is 43.0. The number of para-hydroxylation sites is 4. The van der Waals surface area contributed by atoms with Gasteiger partial charge in [-0.3, -0.25) is 28.8 Å². The van der Waals surface area contributed by atoms with Gasteiger partial charge in [-0.1, -0.05) is 248 Å². The van der Waals surface area contributed by atoms with Crippen LogP contribution in [0, 0.1) is 23.7 Å². The number of carboxylic acids is 4. The molecule has 10 atom stereocenters. The van der Waals surface area contributed by atoms with Gasteiger partial charge in [0.2, 0.25) is 0 Å². The molecule has 6 N–H and O–H groups in total. The molecule has 4 aliphatic rings. The van der Waals surface area contributed by atoms with E-state index in [4.69, 9.17) is 114 Å². The van der Waals surface area contributed by atoms with Crippen molar-refractivity contribution < 1.29 is 138 Å². The first kappa shape index (κ1) is 112. The smallest absolute Gasteiger partial charge is 1.00 e. The van der Waals surface area contributed by atoms with E-state index >= 15 is 0 Å². The van der Waals surface area contributed by atoms with Crippen LogP contribution in [0.3, 0.4) is 0 Å². The van der Waals surface area contributed by atoms with Crippen molar-refractivity contribution in [2.75, 3.05) is 46.4 Å². The van der Waals surface area contributed by atoms with Gasteiger partial charge in [-0.2, -0.15) is 12.6 Å². The number of aliphatic carboxylic acids is 4. The predicted octanol–water partition coefficient (Wildman–Crippen LogP) is 22.3. The van der Waals surface area contributed by atoms with Crippen molar-refractivity contribution in [3.8, 4) is 23.0 Å². The van der Waals surface area contributed by atoms with Crippen molar-refractivity contribution in [3.63, 3.8) is 0 Å². The summed E-state index contributed by atoms with van der Waals surface area (Å²) in [5, 5.41) is 57.4. The zero-order valence-corrected chi connectivity index (χ0v) is 81.0. The van der Waals surface area contributed by atoms with E-state index in [2.05, 4.69) is 12.6 Å². The van der Waals surface area contributed by atoms with Gasteiger partial charge in [0.25, 0.3) is 0 Å². The maximum Gasteiger partial charge on any atom is 1.00 e. The number of ether oxygens (including phenoxy) is 10. The number of methoxy groups -OCH3 is 2. The van der Waals surface area contributed by atoms with Crippen LogP contribution in [0.25, 0.3) is 0 Å². The van der Waals surface area contributed by atoms with E-state index in [0.717, 1.165) is 115 Å². The molecule has 0 aromatic heterocycles. The topological polar surface area (TPSA) is 316 Å². The molecule has 0 amide bonds. The summed E-state index contributed by atoms with van der Waals surface area (Å²) < 4.78 is 59.7. The van der Waals surface area contributed by atoms with Crippen molar-refractivity contribution in [3.05, 3.63) is 307 Å². The van der Waals surface area contributed by atoms with E-state index in [0.29, 0.717) is 83.3 Å². The van der Waals surface area contributed by atoms with Crippen LogP contribution in [0.1, 0.15) is 230 Å². The number of phenolic OH excluding ortho intramolecular Hbond substituents is 2. The minimum Gasteiger partial charge on any atom is -1.00 e. The molecular weight excluding hydrogens is 1770 g/mol. The number of aldehydes is 2. The molecule has 22 nitrogen and oxygen atoms in total. The summed E-state index contributed by atoms with van der Waals surface area (Å²) in [6.07, 6.45) is 24.6. The Balaban J connectivity index is 0.000000338. The molecule has 8 aromatic carbocycles. The fourth-order valence-corrected chi connectivity index (χ4v) is 14.9. The number of thiol groups is 1. The molecule has 4 fully saturated rings. The molecule has 28 heteroatoms. The number of carbonyl (C=O) groups is 6. The third-order valence-corrected chi connectivity index (χ3v) is 22.0. The van der Waals surface area contributed by atoms with E-state index in [1.165, 1.54) is 0 Å². The molecule has 12 rings (SSSR count). The fourth-order valence-electron chi connectivity index (χ4n) is 14.1. The molecule has 698 valence electrons. The molecular formula is C102H123Cl4NaO22S. The Kier molecular flexibility index (Phi) is 53.3. The molecule has 4 aliphatic heterocycles. The van der Waals surface area contributed by atoms with Gasteiger partial charge in [-0.15, -0.1) is 0 Å². The standard InChI is InChI=1S/C24H27ClO5.C23H25ClO5.C20H28O5.C19H26O5.2C7H5ClO.C2H6S.Na.H/c1-28-21-14-9-7-12-19(21)23-17(10-4-2-3-5-15-22(26)27)16-29-24(30-23)18-11-6-8-13-20(18)25;24-19-12-7-5-10-17(19)23-28-15-16(9-3-1-2-4-14-21(26)27)22(29-23)18-11-6-8-13-20(18)25;1-20(2)24-14-15(10-6-4-5-7-13-18(21)22)19(25-20)16-11-8-9-12-17(16)23-3;1-19(2)23-13-14(9-5-3-4-6-12-17(21)22)18(24-19)15-10-7-8-11-16(15)20;2*8-7-4-2-1-3-6(7)5-9;1-2-3;;/h2-3,6-9,11-14,17,23-24H,4-5,10,15-16H2,1H3,(H,26,27);1-2,5-8,10-13,16,22-23,25H,3-4,9,14-15H2,(H,26,27);4-5,8-9,11-12,15,19H,6-7,10,13-14H2,1-3H3,(H,21,22);3-4,7-8,10-11,14,18,20H,5-6,9,12-13H2,1-2H3,(H,21,22);2*1-5H;3H,2H2,1H3;;/q;;;;;;;+1;-1/b3-2-;2-1-;5-4-;4-3-;;;;;/t17-,23+,24+;16-,22+,23+;15-,19+;14-,18+;;;;;/m1111...../s1. The van der Waals surface area contributed by atoms with E-state index in [-0.39, 0.29) is 116 Å². The summed E-state index contributed by atoms with van der Waals surface area (Å²) in [6.45, 7) is 11.8. The number of halogens is 4. The SMILES string of the molecule is CC1(C)OC[C@@H](CC/C=C\CCC(=O)O)[C@@H](c2ccccc2O)O1.CCS.COc1ccccc1[C@H]1OC(C)(C)OC[C@H]1CC/C=C\CCC(=O)O.COc1ccccc1[C@H]1O[C@@H](c2ccccc2Cl)OC[C@H]1CC/C=C\CCC(=O)O.O=C(O)CC/C=C\CC[C@@H]1CO[C@H](c2ccccc2Cl)O[C@@H]1c1ccccc1O.O=Cc1ccccc1Cl.O=Cc1ccccc1Cl.[H-].[Na+]. The number of hydrogen-bond donors (Lipinski definition) is 7. The normalized spacial score (nSPS) is 20.0. The van der Waals surface area contributed by atoms with Gasteiger partial charge in [0.15, 0.2) is 36.7 Å². The molecule has 0 radical (unpaired) electrons. The van der Waals surface area contributed by atoms with Crippen molar-refractivity contribution >= 4 is 95.5 Å². The second-order valence-electron chi connectivity index (χ2n) is 31.1. The van der Waals surface area contributed by atoms with Gasteiger partial charge >= 0.3 is 53.4 Å². The monoisotopic (exact) mass is 1890 g/mol. The Morgan fingerprint density at radius 2 is 0.638 bits per heavy atom. The number of carbonyl (C=O) groups excluding carboxylic acids is 2. The zero-order chi connectivity index (χ0) is 93.9. The van der Waals surface area contributed by atoms with Crippen LogP contribution < -0.4 is 39.0 Å². The maximum atomic E-state index is 10.6. The van der Waals surface area contributed by atoms with Crippen LogP contribution in [-0.4, -0.2) is 125 Å². The molecule has 4 heterocycles. The summed E-state index contributed by atoms with van der Waals surface area (Å²) in [6, 6.07) is 59.0. The van der Waals surface area contributed by atoms with Crippen molar-refractivity contribution in [2.45, 2.75) is 186 Å². The van der Waals surface area contributed by atoms with E-state index in [1.54, 1.807) is 93.1 Å². The van der Waals surface area contributed by atoms with Gasteiger partial charge in [0.05, 0.1) is 75.1 Å². The van der Waals surface area contributed by atoms with E-state index in [1.807, 2.05) is 198 Å². The maximum absolute atomic E-state index is 10.6. The summed E-state index contributed by atoms with van der Waals surface area (Å²) in [4.78, 5) is 62.5. The molecule has 0 aliphatic carbocycles. The van der Waals surface area contributed by atoms with Gasteiger partial charge < -0.3 is 79.4 Å². The first-order valence-corrected chi connectivity index (χ1v) is 45.2. The van der Waals surface area contributed by atoms with Crippen LogP contribution in [0.2, 0.25) is 20.1 Å². The first-order chi connectivity index (χ1) is 62.1. The average Bonchev–Trinajstić information content (AvgIpc) is 0.822. The number of aromatic hydroxyl groups is 2. The molecule has 0 saturated carbocycles. The van der Waals surface area contributed by atoms with E-state index < -0.39 is 48.0 Å². The van der Waals surface area contributed by atoms with Crippen molar-refractivity contribution in [1.82, 2.24) is 0 Å².